The average Bonchev–Trinajstić information content (AvgIpc) is 2.92. The van der Waals surface area contributed by atoms with Crippen molar-refractivity contribution in [3.05, 3.63) is 60.3 Å². The zero-order valence-electron chi connectivity index (χ0n) is 11.1. The molecule has 2 aromatic carbocycles. The molecule has 0 radical (unpaired) electrons. The number of H-pyrrole nitrogens is 1. The van der Waals surface area contributed by atoms with Gasteiger partial charge in [-0.05, 0) is 48.9 Å². The van der Waals surface area contributed by atoms with Crippen molar-refractivity contribution in [3.8, 4) is 11.5 Å². The summed E-state index contributed by atoms with van der Waals surface area (Å²) >= 11 is 0. The molecular weight excluding hydrogens is 252 g/mol. The van der Waals surface area contributed by atoms with Crippen molar-refractivity contribution in [2.75, 3.05) is 6.54 Å². The zero-order valence-corrected chi connectivity index (χ0v) is 11.1. The van der Waals surface area contributed by atoms with Crippen LogP contribution in [-0.2, 0) is 6.42 Å². The third-order valence-corrected chi connectivity index (χ3v) is 2.94. The number of phenols is 2. The molecule has 20 heavy (non-hydrogen) atoms. The highest BCUT2D eigenvalue weighted by Crippen LogP contribution is 2.22. The zero-order chi connectivity index (χ0) is 14.4. The number of benzene rings is 2. The molecule has 1 aromatic heterocycles. The van der Waals surface area contributed by atoms with Gasteiger partial charge in [-0.1, -0.05) is 18.2 Å². The lowest BCUT2D eigenvalue weighted by molar-refractivity contribution is 0.475. The van der Waals surface area contributed by atoms with E-state index in [0.717, 1.165) is 17.3 Å². The molecule has 0 aliphatic heterocycles. The molecule has 4 heteroatoms. The Balaban J connectivity index is 0.000000147. The van der Waals surface area contributed by atoms with Gasteiger partial charge in [0.15, 0.2) is 0 Å². The average molecular weight is 270 g/mol. The number of fused-ring (bicyclic) bond motifs is 1. The summed E-state index contributed by atoms with van der Waals surface area (Å²) in [7, 11) is 0. The van der Waals surface area contributed by atoms with E-state index in [9.17, 15) is 5.11 Å². The fraction of sp³-hybridized carbons (Fsp3) is 0.125. The first-order valence-electron chi connectivity index (χ1n) is 6.44. The molecule has 0 saturated carbocycles. The van der Waals surface area contributed by atoms with Crippen LogP contribution in [0.5, 0.6) is 11.5 Å². The Morgan fingerprint density at radius 3 is 2.35 bits per heavy atom. The van der Waals surface area contributed by atoms with Crippen molar-refractivity contribution in [1.82, 2.24) is 4.98 Å². The van der Waals surface area contributed by atoms with E-state index in [4.69, 9.17) is 10.8 Å². The molecule has 0 aliphatic carbocycles. The van der Waals surface area contributed by atoms with Crippen LogP contribution < -0.4 is 5.73 Å². The van der Waals surface area contributed by atoms with Crippen LogP contribution >= 0.6 is 0 Å². The summed E-state index contributed by atoms with van der Waals surface area (Å²) in [5, 5.41) is 19.0. The second-order valence-electron chi connectivity index (χ2n) is 4.42. The highest BCUT2D eigenvalue weighted by Gasteiger charge is 1.96. The molecule has 3 rings (SSSR count). The number of phenolic OH excluding ortho intramolecular Hbond substituents is 2. The number of aromatic hydroxyl groups is 2. The number of aromatic amines is 1. The maximum absolute atomic E-state index is 9.24. The van der Waals surface area contributed by atoms with Gasteiger partial charge in [-0.2, -0.15) is 0 Å². The summed E-state index contributed by atoms with van der Waals surface area (Å²) in [5.41, 5.74) is 7.48. The number of rotatable bonds is 2. The van der Waals surface area contributed by atoms with Gasteiger partial charge in [-0.15, -0.1) is 0 Å². The molecule has 0 aliphatic rings. The van der Waals surface area contributed by atoms with E-state index in [-0.39, 0.29) is 0 Å². The Labute approximate surface area is 117 Å². The summed E-state index contributed by atoms with van der Waals surface area (Å²) in [6, 6.07) is 14.4. The highest BCUT2D eigenvalue weighted by atomic mass is 16.3. The van der Waals surface area contributed by atoms with Crippen molar-refractivity contribution in [1.29, 1.82) is 0 Å². The van der Waals surface area contributed by atoms with Gasteiger partial charge in [-0.3, -0.25) is 0 Å². The third-order valence-electron chi connectivity index (χ3n) is 2.94. The van der Waals surface area contributed by atoms with E-state index in [1.54, 1.807) is 18.2 Å². The largest absolute Gasteiger partial charge is 0.508 e. The van der Waals surface area contributed by atoms with E-state index in [2.05, 4.69) is 4.98 Å². The summed E-state index contributed by atoms with van der Waals surface area (Å²) in [4.78, 5) is 3.00. The first-order chi connectivity index (χ1) is 9.70. The summed E-state index contributed by atoms with van der Waals surface area (Å²) < 4.78 is 0. The van der Waals surface area contributed by atoms with Crippen LogP contribution in [0.15, 0.2) is 54.7 Å². The van der Waals surface area contributed by atoms with Gasteiger partial charge in [-0.25, -0.2) is 0 Å². The normalized spacial score (nSPS) is 10.1. The molecule has 0 amide bonds. The molecule has 1 heterocycles. The lowest BCUT2D eigenvalue weighted by Gasteiger charge is -1.96. The van der Waals surface area contributed by atoms with Gasteiger partial charge in [0.25, 0.3) is 0 Å². The molecule has 0 bridgehead atoms. The predicted octanol–water partition coefficient (Wildman–Crippen LogP) is 2.77. The molecule has 3 aromatic rings. The van der Waals surface area contributed by atoms with Gasteiger partial charge in [0.1, 0.15) is 11.5 Å². The van der Waals surface area contributed by atoms with Crippen LogP contribution in [-0.4, -0.2) is 21.7 Å². The van der Waals surface area contributed by atoms with Gasteiger partial charge in [0.05, 0.1) is 0 Å². The highest BCUT2D eigenvalue weighted by molar-refractivity contribution is 5.85. The van der Waals surface area contributed by atoms with Gasteiger partial charge in [0.2, 0.25) is 0 Å². The van der Waals surface area contributed by atoms with Crippen molar-refractivity contribution >= 4 is 10.9 Å². The standard InChI is InChI=1S/C8H7NO.C8H11NO/c10-8-3-1-2-7-6(8)4-5-9-7;9-6-5-7-1-3-8(10)4-2-7/h1-5,9-10H;1-4,10H,5-6,9H2. The Hall–Kier alpha value is -2.46. The van der Waals surface area contributed by atoms with Gasteiger partial charge < -0.3 is 20.9 Å². The molecule has 0 fully saturated rings. The van der Waals surface area contributed by atoms with Crippen molar-refractivity contribution in [2.45, 2.75) is 6.42 Å². The fourth-order valence-electron chi connectivity index (χ4n) is 1.90. The van der Waals surface area contributed by atoms with Gasteiger partial charge >= 0.3 is 0 Å². The molecule has 0 atom stereocenters. The van der Waals surface area contributed by atoms with Crippen LogP contribution in [0.3, 0.4) is 0 Å². The molecule has 104 valence electrons. The number of nitrogens with one attached hydrogen (secondary N) is 1. The molecule has 4 nitrogen and oxygen atoms in total. The fourth-order valence-corrected chi connectivity index (χ4v) is 1.90. The minimum Gasteiger partial charge on any atom is -0.508 e. The maximum atomic E-state index is 9.24. The van der Waals surface area contributed by atoms with Crippen molar-refractivity contribution in [3.63, 3.8) is 0 Å². The lowest BCUT2D eigenvalue weighted by atomic mass is 10.1. The number of hydrogen-bond donors (Lipinski definition) is 4. The Morgan fingerprint density at radius 2 is 1.70 bits per heavy atom. The predicted molar refractivity (Wildman–Crippen MR) is 80.8 cm³/mol. The Morgan fingerprint density at radius 1 is 0.950 bits per heavy atom. The van der Waals surface area contributed by atoms with Crippen LogP contribution in [0.2, 0.25) is 0 Å². The third kappa shape index (κ3) is 3.52. The smallest absolute Gasteiger partial charge is 0.124 e. The summed E-state index contributed by atoms with van der Waals surface area (Å²) in [5.74, 6) is 0.638. The monoisotopic (exact) mass is 270 g/mol. The topological polar surface area (TPSA) is 82.3 Å². The van der Waals surface area contributed by atoms with E-state index in [0.29, 0.717) is 18.0 Å². The van der Waals surface area contributed by atoms with Crippen LogP contribution in [0.25, 0.3) is 10.9 Å². The first kappa shape index (κ1) is 14.0. The Kier molecular flexibility index (Phi) is 4.63. The number of nitrogens with two attached hydrogens (primary N) is 1. The van der Waals surface area contributed by atoms with Crippen molar-refractivity contribution < 1.29 is 10.2 Å². The van der Waals surface area contributed by atoms with E-state index >= 15 is 0 Å². The summed E-state index contributed by atoms with van der Waals surface area (Å²) in [6.07, 6.45) is 2.69. The maximum Gasteiger partial charge on any atom is 0.124 e. The van der Waals surface area contributed by atoms with Crippen LogP contribution in [0.1, 0.15) is 5.56 Å². The number of hydrogen-bond acceptors (Lipinski definition) is 3. The van der Waals surface area contributed by atoms with Gasteiger partial charge in [0, 0.05) is 17.1 Å². The quantitative estimate of drug-likeness (QED) is 0.578. The lowest BCUT2D eigenvalue weighted by Crippen LogP contribution is -2.01. The molecule has 0 unspecified atom stereocenters. The second kappa shape index (κ2) is 6.63. The van der Waals surface area contributed by atoms with E-state index < -0.39 is 0 Å². The van der Waals surface area contributed by atoms with E-state index in [1.165, 1.54) is 5.56 Å². The van der Waals surface area contributed by atoms with Crippen LogP contribution in [0, 0.1) is 0 Å². The van der Waals surface area contributed by atoms with E-state index in [1.807, 2.05) is 36.5 Å². The second-order valence-corrected chi connectivity index (χ2v) is 4.42. The molecule has 0 saturated heterocycles. The molecule has 5 N–H and O–H groups in total. The first-order valence-corrected chi connectivity index (χ1v) is 6.44. The molecule has 0 spiro atoms. The Bertz CT molecular complexity index is 660. The molecular formula is C16H18N2O2. The number of aromatic nitrogens is 1. The minimum absolute atomic E-state index is 0.306. The van der Waals surface area contributed by atoms with Crippen LogP contribution in [0.4, 0.5) is 0 Å². The minimum atomic E-state index is 0.306. The van der Waals surface area contributed by atoms with Crippen molar-refractivity contribution in [2.24, 2.45) is 5.73 Å². The SMILES string of the molecule is NCCc1ccc(O)cc1.Oc1cccc2[nH]ccc12. The summed E-state index contributed by atoms with van der Waals surface area (Å²) in [6.45, 7) is 0.658.